The zero-order valence-electron chi connectivity index (χ0n) is 10.4. The predicted octanol–water partition coefficient (Wildman–Crippen LogP) is 0.151. The molecule has 0 spiro atoms. The van der Waals surface area contributed by atoms with Crippen LogP contribution >= 0.6 is 11.8 Å². The summed E-state index contributed by atoms with van der Waals surface area (Å²) < 4.78 is 0. The summed E-state index contributed by atoms with van der Waals surface area (Å²) in [5.41, 5.74) is 0. The Morgan fingerprint density at radius 3 is 2.94 bits per heavy atom. The average Bonchev–Trinajstić information content (AvgIpc) is 2.41. The first-order chi connectivity index (χ1) is 8.36. The molecule has 2 rings (SSSR count). The molecule has 2 aliphatic heterocycles. The number of nitrogens with one attached hydrogen (secondary N) is 2. The first kappa shape index (κ1) is 13.2. The summed E-state index contributed by atoms with van der Waals surface area (Å²) in [6, 6.07) is 0. The van der Waals surface area contributed by atoms with Gasteiger partial charge >= 0.3 is 0 Å². The van der Waals surface area contributed by atoms with Crippen molar-refractivity contribution in [3.8, 4) is 0 Å². The van der Waals surface area contributed by atoms with Gasteiger partial charge in [-0.3, -0.25) is 9.69 Å². The highest BCUT2D eigenvalue weighted by Crippen LogP contribution is 2.10. The van der Waals surface area contributed by atoms with Crippen LogP contribution in [-0.4, -0.2) is 61.6 Å². The van der Waals surface area contributed by atoms with Crippen LogP contribution in [0.1, 0.15) is 12.8 Å². The maximum atomic E-state index is 11.9. The molecule has 0 aromatic heterocycles. The second-order valence-electron chi connectivity index (χ2n) is 4.79. The molecule has 0 unspecified atom stereocenters. The Bertz CT molecular complexity index is 238. The van der Waals surface area contributed by atoms with Gasteiger partial charge in [0.25, 0.3) is 0 Å². The molecule has 1 atom stereocenters. The van der Waals surface area contributed by atoms with Crippen molar-refractivity contribution >= 4 is 17.7 Å². The Morgan fingerprint density at radius 1 is 1.41 bits per heavy atom. The van der Waals surface area contributed by atoms with Crippen LogP contribution in [-0.2, 0) is 4.79 Å². The molecule has 0 bridgehead atoms. The van der Waals surface area contributed by atoms with E-state index in [-0.39, 0.29) is 11.8 Å². The lowest BCUT2D eigenvalue weighted by atomic mass is 9.99. The third-order valence-corrected chi connectivity index (χ3v) is 4.44. The standard InChI is InChI=1S/C12H23N3OS/c16-12(11-2-1-3-13-10-11)14-4-5-15-6-8-17-9-7-15/h11,13H,1-10H2,(H,14,16)/t11-/m1/s1. The fourth-order valence-electron chi connectivity index (χ4n) is 2.38. The number of hydrogen-bond donors (Lipinski definition) is 2. The highest BCUT2D eigenvalue weighted by molar-refractivity contribution is 7.99. The molecule has 98 valence electrons. The average molecular weight is 257 g/mol. The van der Waals surface area contributed by atoms with Crippen molar-refractivity contribution in [1.29, 1.82) is 0 Å². The van der Waals surface area contributed by atoms with Crippen LogP contribution in [0.2, 0.25) is 0 Å². The lowest BCUT2D eigenvalue weighted by Gasteiger charge is -2.27. The van der Waals surface area contributed by atoms with Crippen LogP contribution in [0.5, 0.6) is 0 Å². The van der Waals surface area contributed by atoms with Gasteiger partial charge in [-0.2, -0.15) is 11.8 Å². The first-order valence-corrected chi connectivity index (χ1v) is 7.80. The van der Waals surface area contributed by atoms with Crippen molar-refractivity contribution in [1.82, 2.24) is 15.5 Å². The molecule has 5 heteroatoms. The van der Waals surface area contributed by atoms with Gasteiger partial charge in [-0.1, -0.05) is 0 Å². The molecule has 17 heavy (non-hydrogen) atoms. The van der Waals surface area contributed by atoms with E-state index in [1.807, 2.05) is 11.8 Å². The van der Waals surface area contributed by atoms with Crippen molar-refractivity contribution in [3.05, 3.63) is 0 Å². The molecule has 4 nitrogen and oxygen atoms in total. The molecule has 0 radical (unpaired) electrons. The normalized spacial score (nSPS) is 26.7. The van der Waals surface area contributed by atoms with Gasteiger partial charge < -0.3 is 10.6 Å². The van der Waals surface area contributed by atoms with Crippen molar-refractivity contribution in [2.75, 3.05) is 50.8 Å². The minimum absolute atomic E-state index is 0.195. The van der Waals surface area contributed by atoms with E-state index in [0.717, 1.165) is 39.0 Å². The molecule has 0 aromatic rings. The van der Waals surface area contributed by atoms with Crippen molar-refractivity contribution < 1.29 is 4.79 Å². The van der Waals surface area contributed by atoms with Crippen LogP contribution in [0.15, 0.2) is 0 Å². The molecule has 2 N–H and O–H groups in total. The number of hydrogen-bond acceptors (Lipinski definition) is 4. The van der Waals surface area contributed by atoms with Gasteiger partial charge in [0, 0.05) is 44.2 Å². The highest BCUT2D eigenvalue weighted by atomic mass is 32.2. The smallest absolute Gasteiger partial charge is 0.224 e. The molecule has 0 saturated carbocycles. The molecule has 1 amide bonds. The van der Waals surface area contributed by atoms with E-state index in [4.69, 9.17) is 0 Å². The SMILES string of the molecule is O=C(NCCN1CCSCC1)[C@@H]1CCCNC1. The Hall–Kier alpha value is -0.260. The van der Waals surface area contributed by atoms with E-state index in [9.17, 15) is 4.79 Å². The minimum atomic E-state index is 0.195. The molecule has 2 saturated heterocycles. The Kier molecular flexibility index (Phi) is 5.61. The minimum Gasteiger partial charge on any atom is -0.355 e. The maximum absolute atomic E-state index is 11.9. The zero-order chi connectivity index (χ0) is 11.9. The second-order valence-corrected chi connectivity index (χ2v) is 6.01. The molecule has 0 aliphatic carbocycles. The Balaban J connectivity index is 1.58. The van der Waals surface area contributed by atoms with Crippen molar-refractivity contribution in [3.63, 3.8) is 0 Å². The zero-order valence-corrected chi connectivity index (χ0v) is 11.2. The van der Waals surface area contributed by atoms with Gasteiger partial charge in [0.1, 0.15) is 0 Å². The first-order valence-electron chi connectivity index (χ1n) is 6.65. The number of thioether (sulfide) groups is 1. The lowest BCUT2D eigenvalue weighted by molar-refractivity contribution is -0.125. The van der Waals surface area contributed by atoms with Gasteiger partial charge in [-0.15, -0.1) is 0 Å². The Morgan fingerprint density at radius 2 is 2.24 bits per heavy atom. The summed E-state index contributed by atoms with van der Waals surface area (Å²) >= 11 is 2.02. The number of nitrogens with zero attached hydrogens (tertiary/aromatic N) is 1. The summed E-state index contributed by atoms with van der Waals surface area (Å²) in [6.45, 7) is 6.07. The molecular weight excluding hydrogens is 234 g/mol. The summed E-state index contributed by atoms with van der Waals surface area (Å²) in [4.78, 5) is 14.3. The van der Waals surface area contributed by atoms with E-state index >= 15 is 0 Å². The maximum Gasteiger partial charge on any atom is 0.224 e. The Labute approximate surface area is 108 Å². The van der Waals surface area contributed by atoms with Crippen LogP contribution in [0.4, 0.5) is 0 Å². The molecule has 2 fully saturated rings. The van der Waals surface area contributed by atoms with Crippen LogP contribution in [0, 0.1) is 5.92 Å². The summed E-state index contributed by atoms with van der Waals surface area (Å²) in [5, 5.41) is 6.35. The number of piperidine rings is 1. The molecule has 2 heterocycles. The number of carbonyl (C=O) groups excluding carboxylic acids is 1. The van der Waals surface area contributed by atoms with Gasteiger partial charge in [-0.05, 0) is 19.4 Å². The van der Waals surface area contributed by atoms with E-state index in [1.165, 1.54) is 24.6 Å². The molecule has 2 aliphatic rings. The molecule has 0 aromatic carbocycles. The monoisotopic (exact) mass is 257 g/mol. The van der Waals surface area contributed by atoms with Crippen molar-refractivity contribution in [2.24, 2.45) is 5.92 Å². The quantitative estimate of drug-likeness (QED) is 0.752. The fourth-order valence-corrected chi connectivity index (χ4v) is 3.36. The summed E-state index contributed by atoms with van der Waals surface area (Å²) in [6.07, 6.45) is 2.17. The number of rotatable bonds is 4. The van der Waals surface area contributed by atoms with Gasteiger partial charge in [-0.25, -0.2) is 0 Å². The predicted molar refractivity (Wildman–Crippen MR) is 72.4 cm³/mol. The third kappa shape index (κ3) is 4.48. The van der Waals surface area contributed by atoms with Gasteiger partial charge in [0.15, 0.2) is 0 Å². The van der Waals surface area contributed by atoms with Gasteiger partial charge in [0.2, 0.25) is 5.91 Å². The van der Waals surface area contributed by atoms with E-state index in [1.54, 1.807) is 0 Å². The second kappa shape index (κ2) is 7.24. The van der Waals surface area contributed by atoms with E-state index < -0.39 is 0 Å². The van der Waals surface area contributed by atoms with Gasteiger partial charge in [0.05, 0.1) is 5.92 Å². The summed E-state index contributed by atoms with van der Waals surface area (Å²) in [7, 11) is 0. The van der Waals surface area contributed by atoms with E-state index in [0.29, 0.717) is 0 Å². The summed E-state index contributed by atoms with van der Waals surface area (Å²) in [5.74, 6) is 2.91. The topological polar surface area (TPSA) is 44.4 Å². The fraction of sp³-hybridized carbons (Fsp3) is 0.917. The van der Waals surface area contributed by atoms with E-state index in [2.05, 4.69) is 15.5 Å². The number of carbonyl (C=O) groups is 1. The van der Waals surface area contributed by atoms with Crippen LogP contribution in [0.25, 0.3) is 0 Å². The van der Waals surface area contributed by atoms with Crippen molar-refractivity contribution in [2.45, 2.75) is 12.8 Å². The third-order valence-electron chi connectivity index (χ3n) is 3.50. The molecular formula is C12H23N3OS. The lowest BCUT2D eigenvalue weighted by Crippen LogP contribution is -2.44. The highest BCUT2D eigenvalue weighted by Gasteiger charge is 2.20. The number of amides is 1. The van der Waals surface area contributed by atoms with Crippen LogP contribution in [0.3, 0.4) is 0 Å². The largest absolute Gasteiger partial charge is 0.355 e. The van der Waals surface area contributed by atoms with Crippen LogP contribution < -0.4 is 10.6 Å².